The summed E-state index contributed by atoms with van der Waals surface area (Å²) < 4.78 is 27.7. The molecule has 2 heterocycles. The maximum Gasteiger partial charge on any atom is 0.313 e. The second-order valence-corrected chi connectivity index (χ2v) is 10.5. The van der Waals surface area contributed by atoms with Gasteiger partial charge in [-0.15, -0.1) is 11.3 Å². The number of benzene rings is 1. The van der Waals surface area contributed by atoms with Gasteiger partial charge in [0, 0.05) is 24.8 Å². The third-order valence-corrected chi connectivity index (χ3v) is 8.65. The third-order valence-electron chi connectivity index (χ3n) is 5.32. The van der Waals surface area contributed by atoms with Gasteiger partial charge in [-0.25, -0.2) is 8.42 Å². The molecule has 1 aliphatic heterocycles. The van der Waals surface area contributed by atoms with Gasteiger partial charge in [0.2, 0.25) is 0 Å². The first-order chi connectivity index (χ1) is 14.3. The molecule has 1 atom stereocenters. The number of aryl methyl sites for hydroxylation is 2. The van der Waals surface area contributed by atoms with Crippen LogP contribution in [0.4, 0.5) is 5.69 Å². The van der Waals surface area contributed by atoms with Crippen LogP contribution in [0.1, 0.15) is 36.8 Å². The summed E-state index contributed by atoms with van der Waals surface area (Å²) in [6.07, 6.45) is 2.98. The van der Waals surface area contributed by atoms with E-state index < -0.39 is 21.8 Å². The Balaban J connectivity index is 1.56. The van der Waals surface area contributed by atoms with Gasteiger partial charge in [0.15, 0.2) is 0 Å². The predicted molar refractivity (Wildman–Crippen MR) is 118 cm³/mol. The van der Waals surface area contributed by atoms with Crippen molar-refractivity contribution in [3.05, 3.63) is 46.8 Å². The molecule has 1 aromatic carbocycles. The van der Waals surface area contributed by atoms with Gasteiger partial charge in [0.25, 0.3) is 10.0 Å². The molecule has 9 heteroatoms. The van der Waals surface area contributed by atoms with Crippen molar-refractivity contribution in [1.82, 2.24) is 9.62 Å². The van der Waals surface area contributed by atoms with Gasteiger partial charge in [-0.3, -0.25) is 9.59 Å². The highest BCUT2D eigenvalue weighted by molar-refractivity contribution is 7.91. The smallest absolute Gasteiger partial charge is 0.313 e. The summed E-state index contributed by atoms with van der Waals surface area (Å²) in [7, 11) is -3.53. The number of rotatable bonds is 6. The first-order valence-electron chi connectivity index (χ1n) is 10.0. The number of thiophene rings is 1. The highest BCUT2D eigenvalue weighted by atomic mass is 32.2. The number of hydrogen-bond acceptors (Lipinski definition) is 5. The zero-order valence-electron chi connectivity index (χ0n) is 17.2. The molecule has 30 heavy (non-hydrogen) atoms. The van der Waals surface area contributed by atoms with Crippen molar-refractivity contribution in [1.29, 1.82) is 0 Å². The van der Waals surface area contributed by atoms with Gasteiger partial charge in [-0.1, -0.05) is 30.7 Å². The molecular formula is C21H27N3O4S2. The van der Waals surface area contributed by atoms with E-state index in [-0.39, 0.29) is 12.6 Å². The minimum atomic E-state index is -3.53. The van der Waals surface area contributed by atoms with E-state index in [4.69, 9.17) is 0 Å². The average Bonchev–Trinajstić information content (AvgIpc) is 3.27. The summed E-state index contributed by atoms with van der Waals surface area (Å²) in [6, 6.07) is 8.78. The fraction of sp³-hybridized carbons (Fsp3) is 0.429. The third kappa shape index (κ3) is 5.08. The maximum atomic E-state index is 12.9. The van der Waals surface area contributed by atoms with E-state index in [1.165, 1.54) is 11.3 Å². The van der Waals surface area contributed by atoms with E-state index in [0.717, 1.165) is 30.4 Å². The molecule has 0 saturated carbocycles. The van der Waals surface area contributed by atoms with Gasteiger partial charge in [0.05, 0.1) is 0 Å². The van der Waals surface area contributed by atoms with Crippen LogP contribution in [-0.2, 0) is 19.6 Å². The van der Waals surface area contributed by atoms with Crippen LogP contribution in [0.15, 0.2) is 39.9 Å². The molecule has 2 aromatic rings. The van der Waals surface area contributed by atoms with E-state index in [9.17, 15) is 18.0 Å². The van der Waals surface area contributed by atoms with Crippen LogP contribution in [0.5, 0.6) is 0 Å². The summed E-state index contributed by atoms with van der Waals surface area (Å²) >= 11 is 1.21. The highest BCUT2D eigenvalue weighted by Gasteiger charge is 2.33. The standard InChI is InChI=1S/C21H27N3O4S2/c1-15-7-5-8-16(2)19(15)23-21(26)20(25)22-12-11-17-9-3-4-13-24(17)30(27,28)18-10-6-14-29-18/h5-8,10,14,17H,3-4,9,11-13H2,1-2H3,(H,22,25)(H,23,26). The minimum Gasteiger partial charge on any atom is -0.348 e. The minimum absolute atomic E-state index is 0.187. The molecule has 1 fully saturated rings. The molecule has 0 radical (unpaired) electrons. The number of carbonyl (C=O) groups excluding carboxylic acids is 2. The summed E-state index contributed by atoms with van der Waals surface area (Å²) in [4.78, 5) is 24.5. The van der Waals surface area contributed by atoms with Gasteiger partial charge >= 0.3 is 11.8 Å². The molecule has 1 aliphatic rings. The second-order valence-electron chi connectivity index (χ2n) is 7.46. The van der Waals surface area contributed by atoms with E-state index in [1.54, 1.807) is 21.8 Å². The summed E-state index contributed by atoms with van der Waals surface area (Å²) in [5, 5.41) is 7.04. The van der Waals surface area contributed by atoms with Crippen molar-refractivity contribution >= 4 is 38.9 Å². The molecule has 0 aliphatic carbocycles. The first-order valence-corrected chi connectivity index (χ1v) is 12.3. The zero-order chi connectivity index (χ0) is 21.7. The number of amides is 2. The first kappa shape index (κ1) is 22.5. The maximum absolute atomic E-state index is 12.9. The van der Waals surface area contributed by atoms with E-state index in [0.29, 0.717) is 22.9 Å². The number of carbonyl (C=O) groups is 2. The Hall–Kier alpha value is -2.23. The van der Waals surface area contributed by atoms with Gasteiger partial charge in [-0.2, -0.15) is 4.31 Å². The Bertz CT molecular complexity index is 983. The van der Waals surface area contributed by atoms with E-state index >= 15 is 0 Å². The largest absolute Gasteiger partial charge is 0.348 e. The summed E-state index contributed by atoms with van der Waals surface area (Å²) in [6.45, 7) is 4.45. The monoisotopic (exact) mass is 449 g/mol. The summed E-state index contributed by atoms with van der Waals surface area (Å²) in [5.41, 5.74) is 2.40. The lowest BCUT2D eigenvalue weighted by atomic mass is 10.0. The van der Waals surface area contributed by atoms with Crippen LogP contribution >= 0.6 is 11.3 Å². The molecule has 3 rings (SSSR count). The normalized spacial score (nSPS) is 17.5. The second kappa shape index (κ2) is 9.72. The van der Waals surface area contributed by atoms with Crippen molar-refractivity contribution in [3.63, 3.8) is 0 Å². The lowest BCUT2D eigenvalue weighted by Gasteiger charge is -2.34. The molecule has 2 N–H and O–H groups in total. The van der Waals surface area contributed by atoms with E-state index in [2.05, 4.69) is 10.6 Å². The Morgan fingerprint density at radius 3 is 2.50 bits per heavy atom. The van der Waals surface area contributed by atoms with Gasteiger partial charge in [-0.05, 0) is 55.7 Å². The van der Waals surface area contributed by atoms with Gasteiger partial charge < -0.3 is 10.6 Å². The SMILES string of the molecule is Cc1cccc(C)c1NC(=O)C(=O)NCCC1CCCCN1S(=O)(=O)c1cccs1. The molecule has 1 aromatic heterocycles. The van der Waals surface area contributed by atoms with Crippen LogP contribution in [0.3, 0.4) is 0 Å². The number of hydrogen-bond donors (Lipinski definition) is 2. The van der Waals surface area contributed by atoms with Crippen molar-refractivity contribution in [3.8, 4) is 0 Å². The highest BCUT2D eigenvalue weighted by Crippen LogP contribution is 2.29. The molecule has 1 unspecified atom stereocenters. The number of piperidine rings is 1. The Morgan fingerprint density at radius 2 is 1.83 bits per heavy atom. The zero-order valence-corrected chi connectivity index (χ0v) is 18.8. The number of sulfonamides is 1. The quantitative estimate of drug-likeness (QED) is 0.663. The number of nitrogens with zero attached hydrogens (tertiary/aromatic N) is 1. The molecule has 0 spiro atoms. The van der Waals surface area contributed by atoms with Crippen LogP contribution in [0.2, 0.25) is 0 Å². The number of anilines is 1. The average molecular weight is 450 g/mol. The molecule has 7 nitrogen and oxygen atoms in total. The molecule has 1 saturated heterocycles. The van der Waals surface area contributed by atoms with Crippen molar-refractivity contribution in [2.24, 2.45) is 0 Å². The van der Waals surface area contributed by atoms with Crippen molar-refractivity contribution in [2.45, 2.75) is 49.8 Å². The Kier molecular flexibility index (Phi) is 7.27. The number of para-hydroxylation sites is 1. The molecular weight excluding hydrogens is 422 g/mol. The molecule has 0 bridgehead atoms. The van der Waals surface area contributed by atoms with Crippen LogP contribution in [0.25, 0.3) is 0 Å². The number of nitrogens with one attached hydrogen (secondary N) is 2. The lowest BCUT2D eigenvalue weighted by molar-refractivity contribution is -0.136. The molecule has 2 amide bonds. The van der Waals surface area contributed by atoms with Crippen LogP contribution in [-0.4, -0.2) is 43.7 Å². The van der Waals surface area contributed by atoms with Crippen molar-refractivity contribution in [2.75, 3.05) is 18.4 Å². The van der Waals surface area contributed by atoms with Crippen molar-refractivity contribution < 1.29 is 18.0 Å². The molecule has 162 valence electrons. The fourth-order valence-corrected chi connectivity index (χ4v) is 6.56. The summed E-state index contributed by atoms with van der Waals surface area (Å²) in [5.74, 6) is -1.44. The topological polar surface area (TPSA) is 95.6 Å². The Morgan fingerprint density at radius 1 is 1.10 bits per heavy atom. The van der Waals surface area contributed by atoms with E-state index in [1.807, 2.05) is 32.0 Å². The van der Waals surface area contributed by atoms with Crippen LogP contribution < -0.4 is 10.6 Å². The Labute approximate surface area is 181 Å². The predicted octanol–water partition coefficient (Wildman–Crippen LogP) is 3.05. The lowest BCUT2D eigenvalue weighted by Crippen LogP contribution is -2.45. The van der Waals surface area contributed by atoms with Crippen LogP contribution in [0, 0.1) is 13.8 Å². The van der Waals surface area contributed by atoms with Gasteiger partial charge in [0.1, 0.15) is 4.21 Å². The fourth-order valence-electron chi connectivity index (χ4n) is 3.72.